The molecule has 3 saturated carbocycles. The van der Waals surface area contributed by atoms with Crippen LogP contribution in [0.15, 0.2) is 47.6 Å². The van der Waals surface area contributed by atoms with Gasteiger partial charge in [0.1, 0.15) is 0 Å². The van der Waals surface area contributed by atoms with Gasteiger partial charge in [0.25, 0.3) is 0 Å². The van der Waals surface area contributed by atoms with Crippen molar-refractivity contribution in [3.05, 3.63) is 47.6 Å². The van der Waals surface area contributed by atoms with E-state index in [1.54, 1.807) is 0 Å². The van der Waals surface area contributed by atoms with Gasteiger partial charge in [0.05, 0.1) is 4.75 Å². The van der Waals surface area contributed by atoms with Crippen LogP contribution < -0.4 is 5.73 Å². The quantitative estimate of drug-likeness (QED) is 0.399. The van der Waals surface area contributed by atoms with Gasteiger partial charge in [0.15, 0.2) is 0 Å². The second-order valence-corrected chi connectivity index (χ2v) is 14.6. The Balaban J connectivity index is 1.83. The minimum atomic E-state index is -4.66. The summed E-state index contributed by atoms with van der Waals surface area (Å²) in [5.74, 6) is 0.306. The van der Waals surface area contributed by atoms with Crippen LogP contribution in [0.1, 0.15) is 85.5 Å². The summed E-state index contributed by atoms with van der Waals surface area (Å²) < 4.78 is 52.8. The number of fused-ring (bicyclic) bond motifs is 1. The van der Waals surface area contributed by atoms with Gasteiger partial charge < -0.3 is 5.73 Å². The third-order valence-electron chi connectivity index (χ3n) is 8.66. The Kier molecular flexibility index (Phi) is 8.04. The molecule has 0 aromatic carbocycles. The Hall–Kier alpha value is -1.27. The van der Waals surface area contributed by atoms with Gasteiger partial charge in [0, 0.05) is 0 Å². The predicted octanol–water partition coefficient (Wildman–Crippen LogP) is 7.12. The SMILES string of the molecule is C=C1CCCC/C1=C/C=C1\CCC[C@]2(C)C([C@H](/C=C/C(F)(F)S(=O)(=O)C(C)(C)C)CN)CC[C@@H]12. The van der Waals surface area contributed by atoms with Crippen molar-refractivity contribution in [2.75, 3.05) is 6.54 Å². The van der Waals surface area contributed by atoms with Crippen LogP contribution in [0.3, 0.4) is 0 Å². The van der Waals surface area contributed by atoms with Gasteiger partial charge in [-0.15, -0.1) is 0 Å². The van der Waals surface area contributed by atoms with Gasteiger partial charge in [0.2, 0.25) is 9.84 Å². The van der Waals surface area contributed by atoms with E-state index in [0.717, 1.165) is 44.9 Å². The average molecular weight is 496 g/mol. The maximum atomic E-state index is 14.7. The average Bonchev–Trinajstić information content (AvgIpc) is 3.10. The molecule has 3 aliphatic carbocycles. The van der Waals surface area contributed by atoms with Gasteiger partial charge in [-0.2, -0.15) is 8.78 Å². The second-order valence-electron chi connectivity index (χ2n) is 11.8. The Morgan fingerprint density at radius 3 is 2.41 bits per heavy atom. The third-order valence-corrected chi connectivity index (χ3v) is 11.1. The number of nitrogens with two attached hydrogens (primary N) is 1. The van der Waals surface area contributed by atoms with E-state index < -0.39 is 19.8 Å². The van der Waals surface area contributed by atoms with Crippen molar-refractivity contribution in [1.82, 2.24) is 0 Å². The first-order chi connectivity index (χ1) is 15.7. The van der Waals surface area contributed by atoms with Gasteiger partial charge in [-0.1, -0.05) is 42.9 Å². The van der Waals surface area contributed by atoms with E-state index in [4.69, 9.17) is 5.73 Å². The van der Waals surface area contributed by atoms with Gasteiger partial charge in [-0.05, 0) is 120 Å². The first-order valence-corrected chi connectivity index (χ1v) is 14.3. The van der Waals surface area contributed by atoms with Crippen LogP contribution in [-0.4, -0.2) is 25.0 Å². The largest absolute Gasteiger partial charge is 0.364 e. The minimum Gasteiger partial charge on any atom is -0.330 e. The monoisotopic (exact) mass is 495 g/mol. The molecule has 0 radical (unpaired) electrons. The fourth-order valence-electron chi connectivity index (χ4n) is 6.49. The lowest BCUT2D eigenvalue weighted by Gasteiger charge is -2.44. The van der Waals surface area contributed by atoms with Gasteiger partial charge in [-0.25, -0.2) is 8.42 Å². The summed E-state index contributed by atoms with van der Waals surface area (Å²) in [7, 11) is -4.66. The Morgan fingerprint density at radius 2 is 1.79 bits per heavy atom. The molecule has 3 nitrogen and oxygen atoms in total. The van der Waals surface area contributed by atoms with Crippen LogP contribution in [0.5, 0.6) is 0 Å². The number of sulfone groups is 1. The second kappa shape index (κ2) is 10.0. The lowest BCUT2D eigenvalue weighted by Crippen LogP contribution is -2.41. The summed E-state index contributed by atoms with van der Waals surface area (Å²) in [6, 6.07) is 0. The maximum Gasteiger partial charge on any atom is 0.364 e. The zero-order valence-electron chi connectivity index (χ0n) is 21.4. The molecule has 3 fully saturated rings. The lowest BCUT2D eigenvalue weighted by atomic mass is 9.61. The Bertz CT molecular complexity index is 971. The molecular formula is C28H43F2NO2S. The zero-order valence-corrected chi connectivity index (χ0v) is 22.2. The summed E-state index contributed by atoms with van der Waals surface area (Å²) in [5, 5.41) is -3.91. The van der Waals surface area contributed by atoms with Crippen LogP contribution >= 0.6 is 0 Å². The van der Waals surface area contributed by atoms with E-state index in [9.17, 15) is 17.2 Å². The van der Waals surface area contributed by atoms with E-state index in [1.807, 2.05) is 0 Å². The Morgan fingerprint density at radius 1 is 1.12 bits per heavy atom. The zero-order chi connectivity index (χ0) is 25.4. The first kappa shape index (κ1) is 27.3. The van der Waals surface area contributed by atoms with E-state index in [-0.39, 0.29) is 23.8 Å². The van der Waals surface area contributed by atoms with E-state index in [0.29, 0.717) is 12.0 Å². The van der Waals surface area contributed by atoms with E-state index in [2.05, 4.69) is 25.7 Å². The molecule has 0 spiro atoms. The molecule has 1 unspecified atom stereocenters. The molecule has 0 aromatic heterocycles. The number of alkyl halides is 2. The van der Waals surface area contributed by atoms with Crippen LogP contribution in [0, 0.1) is 23.2 Å². The third kappa shape index (κ3) is 5.13. The highest BCUT2D eigenvalue weighted by Crippen LogP contribution is 2.59. The molecule has 0 aliphatic heterocycles. The number of hydrogen-bond donors (Lipinski definition) is 1. The molecule has 0 saturated heterocycles. The topological polar surface area (TPSA) is 60.2 Å². The summed E-state index contributed by atoms with van der Waals surface area (Å²) in [6.45, 7) is 10.7. The fourth-order valence-corrected chi connectivity index (χ4v) is 7.57. The van der Waals surface area contributed by atoms with Crippen molar-refractivity contribution in [3.8, 4) is 0 Å². The van der Waals surface area contributed by atoms with E-state index in [1.165, 1.54) is 56.4 Å². The molecule has 3 aliphatic rings. The highest BCUT2D eigenvalue weighted by atomic mass is 32.2. The van der Waals surface area contributed by atoms with Crippen molar-refractivity contribution in [1.29, 1.82) is 0 Å². The summed E-state index contributed by atoms with van der Waals surface area (Å²) >= 11 is 0. The predicted molar refractivity (Wildman–Crippen MR) is 137 cm³/mol. The molecule has 34 heavy (non-hydrogen) atoms. The van der Waals surface area contributed by atoms with Crippen LogP contribution in [0.4, 0.5) is 8.78 Å². The minimum absolute atomic E-state index is 0.0152. The molecule has 0 aromatic rings. The lowest BCUT2D eigenvalue weighted by molar-refractivity contribution is 0.107. The Labute approximate surface area is 205 Å². The highest BCUT2D eigenvalue weighted by molar-refractivity contribution is 7.93. The standard InChI is InChI=1S/C28H43F2NO2S/c1-20-9-6-7-10-21(20)12-13-22-11-8-17-27(5)24(22)14-15-25(27)23(19-31)16-18-28(29,30)34(32,33)26(2,3)4/h12-13,16,18,23-25H,1,6-11,14-15,17,19,31H2,2-5H3/b18-16+,21-12-,22-13+/t23-,24+,25?,27+/m1/s1. The molecule has 0 heterocycles. The van der Waals surface area contributed by atoms with Crippen molar-refractivity contribution in [3.63, 3.8) is 0 Å². The number of hydrogen-bond acceptors (Lipinski definition) is 3. The van der Waals surface area contributed by atoms with Crippen LogP contribution in [-0.2, 0) is 9.84 Å². The molecular weight excluding hydrogens is 452 g/mol. The highest BCUT2D eigenvalue weighted by Gasteiger charge is 2.52. The molecule has 192 valence electrons. The molecule has 0 bridgehead atoms. The smallest absolute Gasteiger partial charge is 0.330 e. The van der Waals surface area contributed by atoms with E-state index >= 15 is 0 Å². The van der Waals surface area contributed by atoms with Gasteiger partial charge >= 0.3 is 5.25 Å². The first-order valence-electron chi connectivity index (χ1n) is 12.8. The number of rotatable bonds is 6. The molecule has 3 rings (SSSR count). The van der Waals surface area contributed by atoms with Crippen molar-refractivity contribution in [2.24, 2.45) is 28.9 Å². The molecule has 0 amide bonds. The summed E-state index contributed by atoms with van der Waals surface area (Å²) in [6.07, 6.45) is 16.3. The van der Waals surface area contributed by atoms with Gasteiger partial charge in [-0.3, -0.25) is 0 Å². The number of allylic oxidation sites excluding steroid dienone is 5. The van der Waals surface area contributed by atoms with Crippen molar-refractivity contribution < 1.29 is 17.2 Å². The van der Waals surface area contributed by atoms with Crippen molar-refractivity contribution >= 4 is 9.84 Å². The number of halogens is 2. The van der Waals surface area contributed by atoms with Crippen LogP contribution in [0.25, 0.3) is 0 Å². The normalized spacial score (nSPS) is 32.5. The summed E-state index contributed by atoms with van der Waals surface area (Å²) in [5.41, 5.74) is 10.2. The molecule has 6 heteroatoms. The summed E-state index contributed by atoms with van der Waals surface area (Å²) in [4.78, 5) is 0. The van der Waals surface area contributed by atoms with Crippen molar-refractivity contribution in [2.45, 2.75) is 95.5 Å². The fraction of sp³-hybridized carbons (Fsp3) is 0.714. The molecule has 4 atom stereocenters. The maximum absolute atomic E-state index is 14.7. The van der Waals surface area contributed by atoms with Crippen LogP contribution in [0.2, 0.25) is 0 Å². The molecule has 2 N–H and O–H groups in total.